The van der Waals surface area contributed by atoms with Gasteiger partial charge in [-0.3, -0.25) is 9.35 Å². The van der Waals surface area contributed by atoms with E-state index in [-0.39, 0.29) is 41.8 Å². The van der Waals surface area contributed by atoms with E-state index in [0.717, 1.165) is 12.0 Å². The fourth-order valence-corrected chi connectivity index (χ4v) is 16.4. The molecule has 10 rings (SSSR count). The van der Waals surface area contributed by atoms with E-state index < -0.39 is 232 Å². The molecule has 0 amide bonds. The monoisotopic (exact) mass is 1310 g/mol. The van der Waals surface area contributed by atoms with Gasteiger partial charge in [0.15, 0.2) is 37.7 Å². The second kappa shape index (κ2) is 27.4. The van der Waals surface area contributed by atoms with Crippen LogP contribution in [-0.4, -0.2) is 306 Å². The van der Waals surface area contributed by atoms with E-state index in [4.69, 9.17) is 61.0 Å². The first kappa shape index (κ1) is 70.0. The Hall–Kier alpha value is -1.80. The van der Waals surface area contributed by atoms with Crippen molar-refractivity contribution in [3.63, 3.8) is 0 Å². The number of hydrogen-bond donors (Lipinski definition) is 16. The van der Waals surface area contributed by atoms with Crippen LogP contribution in [0.15, 0.2) is 11.6 Å². The zero-order valence-electron chi connectivity index (χ0n) is 50.0. The van der Waals surface area contributed by atoms with Gasteiger partial charge in [0.05, 0.1) is 50.3 Å². The normalized spacial score (nSPS) is 53.9. The quantitative estimate of drug-likeness (QED) is 0.0476. The molecule has 6 heterocycles. The van der Waals surface area contributed by atoms with Crippen LogP contribution in [0.5, 0.6) is 0 Å². The molecule has 89 heavy (non-hydrogen) atoms. The maximum Gasteiger partial charge on any atom is 0.397 e. The van der Waals surface area contributed by atoms with Crippen LogP contribution in [0.2, 0.25) is 0 Å². The van der Waals surface area contributed by atoms with Gasteiger partial charge in [0.25, 0.3) is 0 Å². The number of fused-ring (bicyclic) bond motifs is 5. The van der Waals surface area contributed by atoms with Crippen LogP contribution in [-0.2, 0) is 76.2 Å². The van der Waals surface area contributed by atoms with Crippen molar-refractivity contribution in [1.82, 2.24) is 0 Å². The van der Waals surface area contributed by atoms with Crippen molar-refractivity contribution in [2.75, 3.05) is 19.8 Å². The summed E-state index contributed by atoms with van der Waals surface area (Å²) in [4.78, 5) is 13.1. The number of ketones is 1. The average Bonchev–Trinajstić information content (AvgIpc) is 1.71. The lowest BCUT2D eigenvalue weighted by Gasteiger charge is -2.59. The molecular weight excluding hydrogens is 1220 g/mol. The van der Waals surface area contributed by atoms with Gasteiger partial charge < -0.3 is 133 Å². The van der Waals surface area contributed by atoms with Gasteiger partial charge in [-0.15, -0.1) is 0 Å². The number of aliphatic hydroxyl groups is 15. The summed E-state index contributed by atoms with van der Waals surface area (Å²) in [6.07, 6.45) is -48.1. The number of carbonyl (C=O) groups is 1. The lowest BCUT2D eigenvalue weighted by Crippen LogP contribution is -2.67. The Bertz CT molecular complexity index is 2550. The summed E-state index contributed by atoms with van der Waals surface area (Å²) in [5.74, 6) is -0.640. The van der Waals surface area contributed by atoms with Gasteiger partial charge in [-0.1, -0.05) is 25.5 Å². The van der Waals surface area contributed by atoms with E-state index in [0.29, 0.717) is 25.7 Å². The Morgan fingerprint density at radius 1 is 0.528 bits per heavy atom. The molecule has 0 aromatic heterocycles. The predicted octanol–water partition coefficient (Wildman–Crippen LogP) is -6.02. The minimum atomic E-state index is -4.88. The van der Waals surface area contributed by atoms with E-state index in [1.54, 1.807) is 6.92 Å². The molecule has 10 aliphatic rings. The third kappa shape index (κ3) is 13.4. The summed E-state index contributed by atoms with van der Waals surface area (Å²) in [6, 6.07) is 0. The lowest BCUT2D eigenvalue weighted by atomic mass is 9.48. The first-order valence-corrected chi connectivity index (χ1v) is 31.9. The molecule has 3 saturated carbocycles. The number of Topliss-reactive ketones (excluding diaryl/α,β-unsaturated/α-hetero) is 1. The standard InChI is InChI=1S/C56H90O32S/c1-18(59)24-7-8-25-23-14-28(27-13-22(88-89(73,74)75)9-11-56(27,6)26(23)10-12-55(24,25)5)80-51-43(71)46(34(62)20(3)78-51)85-53-47(86-49-41(69)38(66)32(60)19(2)77-49)37(65)31(17-76-53)83-54-48(40(68)36(64)30(16-58)82-54)87-52-44(72)45(33(61)21(4)79-52)84-50-42(70)39(67)35(63)29(15-57)81-50/h10,19-25,27-54,57-58,60-72H,7-9,11-17H2,1-6H3,(H,73,74,75)/t19-,20-,21-,22+,23?,24-,25?,27?,28+,29-,30-,31-,32-,33-,34-,35+,36+,37+,38+,39+,40+,41-,42-,43-,44-,45+,46+,47-,48-,49+,50+,51+,52+,53+,54+,55-,56-/m1/s1. The maximum absolute atomic E-state index is 13.1. The summed E-state index contributed by atoms with van der Waals surface area (Å²) in [5.41, 5.74) is 0.164. The number of ether oxygens (including phenoxy) is 12. The predicted molar refractivity (Wildman–Crippen MR) is 289 cm³/mol. The molecule has 6 saturated heterocycles. The third-order valence-corrected chi connectivity index (χ3v) is 21.5. The molecule has 32 nitrogen and oxygen atoms in total. The molecule has 16 N–H and O–H groups in total. The Morgan fingerprint density at radius 2 is 1.01 bits per heavy atom. The first-order chi connectivity index (χ1) is 41.8. The van der Waals surface area contributed by atoms with Gasteiger partial charge in [0, 0.05) is 5.92 Å². The summed E-state index contributed by atoms with van der Waals surface area (Å²) in [5, 5.41) is 166. The summed E-state index contributed by atoms with van der Waals surface area (Å²) in [7, 11) is -4.88. The molecule has 9 fully saturated rings. The van der Waals surface area contributed by atoms with E-state index >= 15 is 0 Å². The maximum atomic E-state index is 13.1. The number of allylic oxidation sites excluding steroid dienone is 2. The van der Waals surface area contributed by atoms with Crippen LogP contribution in [0.25, 0.3) is 0 Å². The summed E-state index contributed by atoms with van der Waals surface area (Å²) >= 11 is 0. The van der Waals surface area contributed by atoms with Crippen molar-refractivity contribution in [1.29, 1.82) is 0 Å². The fraction of sp³-hybridized carbons (Fsp3) is 0.946. The second-order valence-corrected chi connectivity index (χ2v) is 27.5. The number of hydrogen-bond acceptors (Lipinski definition) is 31. The Balaban J connectivity index is 0.901. The lowest BCUT2D eigenvalue weighted by molar-refractivity contribution is -0.402. The van der Waals surface area contributed by atoms with Gasteiger partial charge in [-0.2, -0.15) is 8.42 Å². The largest absolute Gasteiger partial charge is 0.397 e. The van der Waals surface area contributed by atoms with Crippen LogP contribution in [0.3, 0.4) is 0 Å². The van der Waals surface area contributed by atoms with Gasteiger partial charge in [0.1, 0.15) is 128 Å². The molecule has 0 bridgehead atoms. The minimum absolute atomic E-state index is 0.0527. The van der Waals surface area contributed by atoms with Crippen LogP contribution in [0, 0.1) is 34.5 Å². The van der Waals surface area contributed by atoms with E-state index in [1.165, 1.54) is 20.8 Å². The van der Waals surface area contributed by atoms with E-state index in [2.05, 4.69) is 19.9 Å². The number of rotatable bonds is 17. The molecule has 512 valence electrons. The molecule has 6 aliphatic heterocycles. The van der Waals surface area contributed by atoms with E-state index in [9.17, 15) is 94.4 Å². The Morgan fingerprint density at radius 3 is 1.58 bits per heavy atom. The van der Waals surface area contributed by atoms with Crippen molar-refractivity contribution in [3.05, 3.63) is 11.6 Å². The average molecular weight is 1310 g/mol. The third-order valence-electron chi connectivity index (χ3n) is 21.0. The zero-order valence-corrected chi connectivity index (χ0v) is 50.8. The van der Waals surface area contributed by atoms with Gasteiger partial charge in [-0.25, -0.2) is 4.18 Å². The van der Waals surface area contributed by atoms with Gasteiger partial charge >= 0.3 is 10.4 Å². The highest BCUT2D eigenvalue weighted by Crippen LogP contribution is 2.66. The molecule has 4 aliphatic carbocycles. The van der Waals surface area contributed by atoms with Crippen LogP contribution < -0.4 is 0 Å². The van der Waals surface area contributed by atoms with Crippen molar-refractivity contribution < 1.29 is 155 Å². The number of aliphatic hydroxyl groups excluding tert-OH is 15. The number of carbonyl (C=O) groups excluding carboxylic acids is 1. The highest BCUT2D eigenvalue weighted by atomic mass is 32.3. The Kier molecular flexibility index (Phi) is 21.5. The molecular formula is C56H90O32S. The molecule has 3 unspecified atom stereocenters. The highest BCUT2D eigenvalue weighted by molar-refractivity contribution is 7.80. The SMILES string of the molecule is CC(=O)[C@H]1CCC2C3C[C@H](O[C@@H]4O[C@H](C)[C@@H](O)[C@H](O[C@@H]5OC[C@@H](O[C@@H]6O[C@H](CO)[C@H](O)[C@H](O)[C@H]6O[C@@H]6O[C@H](C)[C@@H](O)[C@H](O[C@@H]7O[C@H](CO)[C@H](O)[C@H](O)[C@H]7O)[C@H]6O)[C@H](O)[C@H]5O[C@@H]5O[C@H](C)[C@@H](O)[C@H](O)[C@H]5O)[C@H]4O)C4C[C@@H](OS(=O)(=O)O)CC[C@]4(C)C3=CC[C@@]21C. The fourth-order valence-electron chi connectivity index (χ4n) is 15.8. The van der Waals surface area contributed by atoms with Crippen molar-refractivity contribution in [3.8, 4) is 0 Å². The molecule has 0 aromatic rings. The van der Waals surface area contributed by atoms with Gasteiger partial charge in [-0.05, 0) is 101 Å². The minimum Gasteiger partial charge on any atom is -0.394 e. The second-order valence-electron chi connectivity index (χ2n) is 26.4. The molecule has 0 aromatic carbocycles. The van der Waals surface area contributed by atoms with Crippen molar-refractivity contribution in [2.24, 2.45) is 34.5 Å². The Labute approximate surface area is 512 Å². The smallest absolute Gasteiger partial charge is 0.394 e. The highest BCUT2D eigenvalue weighted by Gasteiger charge is 2.63. The van der Waals surface area contributed by atoms with Crippen LogP contribution in [0.1, 0.15) is 86.5 Å². The van der Waals surface area contributed by atoms with E-state index in [1.807, 2.05) is 0 Å². The molecule has 33 heteroatoms. The molecule has 0 spiro atoms. The summed E-state index contributed by atoms with van der Waals surface area (Å²) < 4.78 is 112. The topological polar surface area (TPSA) is 495 Å². The van der Waals surface area contributed by atoms with Crippen molar-refractivity contribution >= 4 is 16.2 Å². The zero-order chi connectivity index (χ0) is 64.8. The van der Waals surface area contributed by atoms with Crippen LogP contribution >= 0.6 is 0 Å². The van der Waals surface area contributed by atoms with Crippen LogP contribution in [0.4, 0.5) is 0 Å². The van der Waals surface area contributed by atoms with Crippen molar-refractivity contribution in [2.45, 2.75) is 277 Å². The van der Waals surface area contributed by atoms with Gasteiger partial charge in [0.2, 0.25) is 0 Å². The summed E-state index contributed by atoms with van der Waals surface area (Å²) in [6.45, 7) is 7.42. The first-order valence-electron chi connectivity index (χ1n) is 30.6. The molecule has 37 atom stereocenters. The molecule has 0 radical (unpaired) electrons.